The van der Waals surface area contributed by atoms with E-state index in [1.54, 1.807) is 32.6 Å². The summed E-state index contributed by atoms with van der Waals surface area (Å²) in [6.07, 6.45) is 1.39. The average molecular weight is 725 g/mol. The van der Waals surface area contributed by atoms with E-state index in [4.69, 9.17) is 18.3 Å². The van der Waals surface area contributed by atoms with Crippen LogP contribution in [0, 0.1) is 6.92 Å². The van der Waals surface area contributed by atoms with Crippen LogP contribution in [-0.4, -0.2) is 64.2 Å². The Labute approximate surface area is 297 Å². The first-order valence-corrected chi connectivity index (χ1v) is 20.5. The number of benzene rings is 1. The van der Waals surface area contributed by atoms with Crippen molar-refractivity contribution in [3.8, 4) is 10.8 Å². The second-order valence-electron chi connectivity index (χ2n) is 15.9. The number of hydrogen-bond acceptors (Lipinski definition) is 10. The van der Waals surface area contributed by atoms with Crippen molar-refractivity contribution in [2.24, 2.45) is 0 Å². The molecular formula is C36H48N4O8SSi. The molecule has 0 radical (unpaired) electrons. The molecule has 1 fully saturated rings. The number of carbonyl (C=O) groups is 2. The average Bonchev–Trinajstić information content (AvgIpc) is 3.63. The lowest BCUT2D eigenvalue weighted by Crippen LogP contribution is -2.59. The molecule has 0 bridgehead atoms. The fourth-order valence-electron chi connectivity index (χ4n) is 5.53. The number of rotatable bonds is 9. The number of oxazole rings is 1. The summed E-state index contributed by atoms with van der Waals surface area (Å²) in [6, 6.07) is 9.13. The van der Waals surface area contributed by atoms with Gasteiger partial charge in [0.1, 0.15) is 28.3 Å². The first-order valence-electron chi connectivity index (χ1n) is 16.7. The third-order valence-corrected chi connectivity index (χ3v) is 15.3. The van der Waals surface area contributed by atoms with Crippen LogP contribution in [0.3, 0.4) is 0 Å². The summed E-state index contributed by atoms with van der Waals surface area (Å²) in [5.74, 6) is -0.451. The minimum Gasteiger partial charge on any atom is -0.458 e. The largest absolute Gasteiger partial charge is 0.458 e. The van der Waals surface area contributed by atoms with Gasteiger partial charge in [-0.2, -0.15) is 0 Å². The van der Waals surface area contributed by atoms with E-state index in [0.29, 0.717) is 39.8 Å². The van der Waals surface area contributed by atoms with Crippen LogP contribution in [0.5, 0.6) is 0 Å². The molecule has 0 aliphatic carbocycles. The van der Waals surface area contributed by atoms with Crippen molar-refractivity contribution in [1.82, 2.24) is 19.0 Å². The molecule has 1 amide bonds. The highest BCUT2D eigenvalue weighted by atomic mass is 32.1. The van der Waals surface area contributed by atoms with E-state index in [0.717, 1.165) is 4.57 Å². The predicted octanol–water partition coefficient (Wildman–Crippen LogP) is 6.85. The van der Waals surface area contributed by atoms with Crippen LogP contribution in [0.4, 0.5) is 4.79 Å². The summed E-state index contributed by atoms with van der Waals surface area (Å²) in [5, 5.41) is 0.262. The van der Waals surface area contributed by atoms with Crippen LogP contribution in [0.2, 0.25) is 18.1 Å². The Bertz CT molecular complexity index is 1990. The Hall–Kier alpha value is -4.01. The molecule has 3 aromatic heterocycles. The number of hydrogen-bond donors (Lipinski definition) is 0. The number of aromatic nitrogens is 3. The van der Waals surface area contributed by atoms with E-state index in [1.807, 2.05) is 30.3 Å². The predicted molar refractivity (Wildman–Crippen MR) is 195 cm³/mol. The van der Waals surface area contributed by atoms with E-state index in [1.165, 1.54) is 42.2 Å². The molecule has 1 aliphatic heterocycles. The number of fused-ring (bicyclic) bond motifs is 1. The van der Waals surface area contributed by atoms with Crippen molar-refractivity contribution >= 4 is 41.9 Å². The SMILES string of the molecule is Cc1c(-c2ncco2)sc2c1c(=O)n(C(C)(C)C(=O)OC(C)(C)C)c(=O)n2C[C@H](OC(=O)N1CC(O[Si](C)(C)C(C)(C)C)C1)c1ccccc1. The molecule has 1 aromatic carbocycles. The number of ether oxygens (including phenoxy) is 2. The number of esters is 1. The summed E-state index contributed by atoms with van der Waals surface area (Å²) in [4.78, 5) is 62.8. The van der Waals surface area contributed by atoms with Crippen LogP contribution in [-0.2, 0) is 30.8 Å². The molecule has 14 heteroatoms. The molecule has 4 aromatic rings. The Kier molecular flexibility index (Phi) is 9.89. The number of likely N-dealkylation sites (tertiary alicyclic amines) is 1. The maximum absolute atomic E-state index is 14.6. The lowest BCUT2D eigenvalue weighted by molar-refractivity contribution is -0.164. The molecule has 4 heterocycles. The smallest absolute Gasteiger partial charge is 0.410 e. The van der Waals surface area contributed by atoms with Crippen molar-refractivity contribution in [3.63, 3.8) is 0 Å². The van der Waals surface area contributed by atoms with Crippen LogP contribution >= 0.6 is 11.3 Å². The zero-order valence-corrected chi connectivity index (χ0v) is 32.6. The first-order chi connectivity index (χ1) is 23.1. The van der Waals surface area contributed by atoms with Gasteiger partial charge in [0.25, 0.3) is 5.56 Å². The number of thiophene rings is 1. The summed E-state index contributed by atoms with van der Waals surface area (Å²) in [7, 11) is -2.03. The van der Waals surface area contributed by atoms with Gasteiger partial charge in [-0.3, -0.25) is 9.36 Å². The topological polar surface area (TPSA) is 135 Å². The molecule has 0 spiro atoms. The van der Waals surface area contributed by atoms with E-state index in [-0.39, 0.29) is 23.1 Å². The Morgan fingerprint density at radius 1 is 1.04 bits per heavy atom. The zero-order chi connectivity index (χ0) is 37.0. The van der Waals surface area contributed by atoms with Gasteiger partial charge in [-0.25, -0.2) is 23.9 Å². The Balaban J connectivity index is 1.57. The third kappa shape index (κ3) is 7.24. The van der Waals surface area contributed by atoms with Gasteiger partial charge in [0, 0.05) is 0 Å². The fourth-order valence-corrected chi connectivity index (χ4v) is 8.11. The highest BCUT2D eigenvalue weighted by Crippen LogP contribution is 2.39. The second-order valence-corrected chi connectivity index (χ2v) is 21.6. The van der Waals surface area contributed by atoms with E-state index in [9.17, 15) is 19.2 Å². The van der Waals surface area contributed by atoms with Crippen molar-refractivity contribution in [2.75, 3.05) is 13.1 Å². The maximum Gasteiger partial charge on any atom is 0.410 e. The highest BCUT2D eigenvalue weighted by molar-refractivity contribution is 7.22. The summed E-state index contributed by atoms with van der Waals surface area (Å²) < 4.78 is 26.2. The van der Waals surface area contributed by atoms with Gasteiger partial charge in [0.2, 0.25) is 5.89 Å². The molecule has 1 aliphatic rings. The van der Waals surface area contributed by atoms with Gasteiger partial charge in [0.15, 0.2) is 8.32 Å². The number of nitrogens with zero attached hydrogens (tertiary/aromatic N) is 4. The first kappa shape index (κ1) is 37.2. The fraction of sp³-hybridized carbons (Fsp3) is 0.528. The van der Waals surface area contributed by atoms with Crippen molar-refractivity contribution in [1.29, 1.82) is 0 Å². The van der Waals surface area contributed by atoms with Gasteiger partial charge in [-0.05, 0) is 70.8 Å². The monoisotopic (exact) mass is 724 g/mol. The molecule has 1 saturated heterocycles. The molecule has 5 rings (SSSR count). The van der Waals surface area contributed by atoms with Crippen molar-refractivity contribution < 1.29 is 27.9 Å². The number of aryl methyl sites for hydroxylation is 1. The van der Waals surface area contributed by atoms with Crippen LogP contribution in [0.25, 0.3) is 21.0 Å². The lowest BCUT2D eigenvalue weighted by atomic mass is 10.0. The molecule has 50 heavy (non-hydrogen) atoms. The van der Waals surface area contributed by atoms with Crippen molar-refractivity contribution in [3.05, 3.63) is 74.8 Å². The van der Waals surface area contributed by atoms with Gasteiger partial charge < -0.3 is 23.2 Å². The van der Waals surface area contributed by atoms with Gasteiger partial charge in [0.05, 0.1) is 42.2 Å². The Morgan fingerprint density at radius 2 is 1.68 bits per heavy atom. The van der Waals surface area contributed by atoms with Gasteiger partial charge in [-0.1, -0.05) is 51.1 Å². The minimum absolute atomic E-state index is 0.0342. The van der Waals surface area contributed by atoms with E-state index >= 15 is 0 Å². The molecule has 0 unspecified atom stereocenters. The van der Waals surface area contributed by atoms with Crippen LogP contribution in [0.1, 0.15) is 72.6 Å². The van der Waals surface area contributed by atoms with Crippen LogP contribution < -0.4 is 11.2 Å². The quantitative estimate of drug-likeness (QED) is 0.134. The van der Waals surface area contributed by atoms with Crippen molar-refractivity contribution in [2.45, 2.75) is 110 Å². The third-order valence-electron chi connectivity index (χ3n) is 9.43. The van der Waals surface area contributed by atoms with Crippen LogP contribution in [0.15, 0.2) is 56.8 Å². The molecule has 1 atom stereocenters. The molecular weight excluding hydrogens is 677 g/mol. The standard InChI is InChI=1S/C36H48N4O8SSi/c1-22-26-29(41)40(36(8,9)31(42)47-34(2,3)4)32(43)39(30(26)49-27(22)28-37-17-18-45-28)21-25(23-15-13-12-14-16-23)46-33(44)38-19-24(20-38)48-50(10,11)35(5,6)7/h12-18,24-25H,19-21H2,1-11H3/t25-/m0/s1. The van der Waals surface area contributed by atoms with E-state index in [2.05, 4.69) is 38.8 Å². The maximum atomic E-state index is 14.6. The highest BCUT2D eigenvalue weighted by Gasteiger charge is 2.44. The molecule has 0 saturated carbocycles. The molecule has 270 valence electrons. The molecule has 12 nitrogen and oxygen atoms in total. The molecule has 0 N–H and O–H groups in total. The zero-order valence-electron chi connectivity index (χ0n) is 30.8. The second kappa shape index (κ2) is 13.3. The number of carbonyl (C=O) groups excluding carboxylic acids is 2. The summed E-state index contributed by atoms with van der Waals surface area (Å²) in [5.41, 5.74) is -2.75. The lowest BCUT2D eigenvalue weighted by Gasteiger charge is -2.46. The normalized spacial score (nSPS) is 15.2. The summed E-state index contributed by atoms with van der Waals surface area (Å²) >= 11 is 1.17. The van der Waals surface area contributed by atoms with Gasteiger partial charge >= 0.3 is 17.8 Å². The van der Waals surface area contributed by atoms with E-state index < -0.39 is 48.9 Å². The number of amides is 1. The minimum atomic E-state index is -2.03. The summed E-state index contributed by atoms with van der Waals surface area (Å²) in [6.45, 7) is 21.4. The van der Waals surface area contributed by atoms with Gasteiger partial charge in [-0.15, -0.1) is 11.3 Å². The Morgan fingerprint density at radius 3 is 2.24 bits per heavy atom.